The van der Waals surface area contributed by atoms with Gasteiger partial charge in [0.25, 0.3) is 0 Å². The highest BCUT2D eigenvalue weighted by atomic mass is 15.1. The van der Waals surface area contributed by atoms with Crippen LogP contribution >= 0.6 is 0 Å². The third-order valence-corrected chi connectivity index (χ3v) is 3.53. The molecule has 90 valence electrons. The summed E-state index contributed by atoms with van der Waals surface area (Å²) in [6, 6.07) is 0. The van der Waals surface area contributed by atoms with Crippen molar-refractivity contribution >= 4 is 0 Å². The summed E-state index contributed by atoms with van der Waals surface area (Å²) in [4.78, 5) is 2.66. The first-order valence-electron chi connectivity index (χ1n) is 6.68. The van der Waals surface area contributed by atoms with Crippen LogP contribution in [0.15, 0.2) is 0 Å². The molecule has 0 amide bonds. The minimum Gasteiger partial charge on any atom is -0.330 e. The van der Waals surface area contributed by atoms with Crippen molar-refractivity contribution in [3.63, 3.8) is 0 Å². The number of rotatable bonds is 6. The zero-order chi connectivity index (χ0) is 11.1. The Morgan fingerprint density at radius 3 is 2.93 bits per heavy atom. The van der Waals surface area contributed by atoms with Crippen LogP contribution in [-0.4, -0.2) is 31.1 Å². The van der Waals surface area contributed by atoms with E-state index < -0.39 is 0 Å². The molecule has 0 saturated carbocycles. The van der Waals surface area contributed by atoms with Crippen molar-refractivity contribution in [2.75, 3.05) is 26.2 Å². The molecule has 1 rings (SSSR count). The van der Waals surface area contributed by atoms with Crippen LogP contribution in [0.2, 0.25) is 0 Å². The van der Waals surface area contributed by atoms with Gasteiger partial charge in [0.15, 0.2) is 0 Å². The lowest BCUT2D eigenvalue weighted by molar-refractivity contribution is 0.148. The van der Waals surface area contributed by atoms with Gasteiger partial charge in [-0.25, -0.2) is 0 Å². The predicted octanol–water partition coefficient (Wildman–Crippen LogP) is 2.48. The number of hydrogen-bond acceptors (Lipinski definition) is 2. The van der Waals surface area contributed by atoms with Gasteiger partial charge in [-0.3, -0.25) is 0 Å². The van der Waals surface area contributed by atoms with Gasteiger partial charge >= 0.3 is 0 Å². The Balaban J connectivity index is 2.23. The van der Waals surface area contributed by atoms with E-state index in [4.69, 9.17) is 5.73 Å². The number of hydrogen-bond donors (Lipinski definition) is 1. The molecule has 0 aromatic heterocycles. The maximum Gasteiger partial charge on any atom is 0.00103 e. The van der Waals surface area contributed by atoms with E-state index in [0.717, 1.165) is 18.4 Å². The fraction of sp³-hybridized carbons (Fsp3) is 1.00. The largest absolute Gasteiger partial charge is 0.330 e. The molecule has 0 aliphatic carbocycles. The smallest absolute Gasteiger partial charge is 0.00103 e. The zero-order valence-corrected chi connectivity index (χ0v) is 10.5. The van der Waals surface area contributed by atoms with Crippen molar-refractivity contribution in [3.05, 3.63) is 0 Å². The van der Waals surface area contributed by atoms with Crippen LogP contribution in [0.25, 0.3) is 0 Å². The van der Waals surface area contributed by atoms with E-state index in [2.05, 4.69) is 18.7 Å². The molecule has 0 radical (unpaired) electrons. The average Bonchev–Trinajstić information content (AvgIpc) is 2.19. The molecule has 0 bridgehead atoms. The van der Waals surface area contributed by atoms with Crippen LogP contribution in [-0.2, 0) is 0 Å². The minimum atomic E-state index is 0.864. The highest BCUT2D eigenvalue weighted by molar-refractivity contribution is 4.74. The minimum absolute atomic E-state index is 0.864. The second kappa shape index (κ2) is 7.24. The van der Waals surface area contributed by atoms with Crippen molar-refractivity contribution in [3.8, 4) is 0 Å². The highest BCUT2D eigenvalue weighted by Gasteiger charge is 2.20. The standard InChI is InChI=1S/C13H28N2/c1-3-5-12(2)10-15-9-4-6-13(11-15)7-8-14/h12-13H,3-11,14H2,1-2H3. The molecule has 0 aromatic rings. The molecule has 2 N–H and O–H groups in total. The molecule has 1 aliphatic rings. The van der Waals surface area contributed by atoms with Gasteiger partial charge < -0.3 is 10.6 Å². The van der Waals surface area contributed by atoms with Crippen molar-refractivity contribution in [1.82, 2.24) is 4.90 Å². The lowest BCUT2D eigenvalue weighted by Gasteiger charge is -2.34. The van der Waals surface area contributed by atoms with Crippen LogP contribution in [0.1, 0.15) is 46.0 Å². The van der Waals surface area contributed by atoms with Crippen molar-refractivity contribution in [1.29, 1.82) is 0 Å². The normalized spacial score (nSPS) is 25.4. The van der Waals surface area contributed by atoms with E-state index in [1.807, 2.05) is 0 Å². The van der Waals surface area contributed by atoms with Crippen molar-refractivity contribution < 1.29 is 0 Å². The topological polar surface area (TPSA) is 29.3 Å². The first-order chi connectivity index (χ1) is 7.26. The van der Waals surface area contributed by atoms with E-state index in [0.29, 0.717) is 0 Å². The van der Waals surface area contributed by atoms with Gasteiger partial charge in [-0.15, -0.1) is 0 Å². The van der Waals surface area contributed by atoms with Crippen LogP contribution in [0.4, 0.5) is 0 Å². The predicted molar refractivity (Wildman–Crippen MR) is 66.9 cm³/mol. The van der Waals surface area contributed by atoms with Gasteiger partial charge in [0.05, 0.1) is 0 Å². The summed E-state index contributed by atoms with van der Waals surface area (Å²) >= 11 is 0. The molecule has 2 unspecified atom stereocenters. The fourth-order valence-electron chi connectivity index (χ4n) is 2.81. The number of likely N-dealkylation sites (tertiary alicyclic amines) is 1. The summed E-state index contributed by atoms with van der Waals surface area (Å²) in [6.45, 7) is 9.44. The number of nitrogens with zero attached hydrogens (tertiary/aromatic N) is 1. The molecular weight excluding hydrogens is 184 g/mol. The third-order valence-electron chi connectivity index (χ3n) is 3.53. The zero-order valence-electron chi connectivity index (χ0n) is 10.5. The quantitative estimate of drug-likeness (QED) is 0.733. The Labute approximate surface area is 95.2 Å². The molecule has 2 nitrogen and oxygen atoms in total. The van der Waals surface area contributed by atoms with Crippen LogP contribution in [0.3, 0.4) is 0 Å². The average molecular weight is 212 g/mol. The second-order valence-corrected chi connectivity index (χ2v) is 5.24. The molecule has 1 fully saturated rings. The van der Waals surface area contributed by atoms with Crippen LogP contribution < -0.4 is 5.73 Å². The van der Waals surface area contributed by atoms with Gasteiger partial charge in [0, 0.05) is 13.1 Å². The van der Waals surface area contributed by atoms with E-state index in [-0.39, 0.29) is 0 Å². The van der Waals surface area contributed by atoms with Gasteiger partial charge in [-0.05, 0) is 50.6 Å². The molecule has 2 atom stereocenters. The lowest BCUT2D eigenvalue weighted by Crippen LogP contribution is -2.38. The first-order valence-corrected chi connectivity index (χ1v) is 6.68. The lowest BCUT2D eigenvalue weighted by atomic mass is 9.94. The summed E-state index contributed by atoms with van der Waals surface area (Å²) < 4.78 is 0. The third kappa shape index (κ3) is 4.98. The molecule has 15 heavy (non-hydrogen) atoms. The summed E-state index contributed by atoms with van der Waals surface area (Å²) in [5, 5.41) is 0. The highest BCUT2D eigenvalue weighted by Crippen LogP contribution is 2.20. The van der Waals surface area contributed by atoms with E-state index in [9.17, 15) is 0 Å². The molecule has 0 aromatic carbocycles. The summed E-state index contributed by atoms with van der Waals surface area (Å²) in [7, 11) is 0. The van der Waals surface area contributed by atoms with Crippen LogP contribution in [0, 0.1) is 11.8 Å². The summed E-state index contributed by atoms with van der Waals surface area (Å²) in [5.74, 6) is 1.74. The molecular formula is C13H28N2. The van der Waals surface area contributed by atoms with Gasteiger partial charge in [0.1, 0.15) is 0 Å². The van der Waals surface area contributed by atoms with Crippen molar-refractivity contribution in [2.45, 2.75) is 46.0 Å². The van der Waals surface area contributed by atoms with Crippen LogP contribution in [0.5, 0.6) is 0 Å². The van der Waals surface area contributed by atoms with Gasteiger partial charge in [-0.1, -0.05) is 20.3 Å². The Kier molecular flexibility index (Phi) is 6.26. The monoisotopic (exact) mass is 212 g/mol. The van der Waals surface area contributed by atoms with E-state index >= 15 is 0 Å². The summed E-state index contributed by atoms with van der Waals surface area (Å²) in [6.07, 6.45) is 6.69. The Morgan fingerprint density at radius 1 is 1.47 bits per heavy atom. The number of nitrogens with two attached hydrogens (primary N) is 1. The molecule has 0 spiro atoms. The summed E-state index contributed by atoms with van der Waals surface area (Å²) in [5.41, 5.74) is 5.64. The Hall–Kier alpha value is -0.0800. The molecule has 1 heterocycles. The van der Waals surface area contributed by atoms with E-state index in [1.165, 1.54) is 51.7 Å². The Morgan fingerprint density at radius 2 is 2.27 bits per heavy atom. The molecule has 1 saturated heterocycles. The molecule has 2 heteroatoms. The van der Waals surface area contributed by atoms with Gasteiger partial charge in [0.2, 0.25) is 0 Å². The number of piperidine rings is 1. The Bertz CT molecular complexity index is 155. The fourth-order valence-corrected chi connectivity index (χ4v) is 2.81. The SMILES string of the molecule is CCCC(C)CN1CCCC(CCN)C1. The molecule has 1 aliphatic heterocycles. The first kappa shape index (κ1) is 13.0. The van der Waals surface area contributed by atoms with Gasteiger partial charge in [-0.2, -0.15) is 0 Å². The van der Waals surface area contributed by atoms with Crippen molar-refractivity contribution in [2.24, 2.45) is 17.6 Å². The maximum absolute atomic E-state index is 5.64. The maximum atomic E-state index is 5.64. The van der Waals surface area contributed by atoms with E-state index in [1.54, 1.807) is 0 Å². The second-order valence-electron chi connectivity index (χ2n) is 5.24.